The maximum Gasteiger partial charge on any atom is 0.224 e. The van der Waals surface area contributed by atoms with E-state index in [-0.39, 0.29) is 5.91 Å². The van der Waals surface area contributed by atoms with Crippen LogP contribution in [0.1, 0.15) is 19.3 Å². The van der Waals surface area contributed by atoms with Gasteiger partial charge in [-0.1, -0.05) is 15.9 Å². The molecular weight excluding hydrogens is 308 g/mol. The molecular formula is C14H19BrN2O2. The molecule has 0 saturated carbocycles. The second-order valence-electron chi connectivity index (χ2n) is 4.81. The molecule has 0 radical (unpaired) electrons. The maximum absolute atomic E-state index is 12.1. The molecule has 1 atom stereocenters. The highest BCUT2D eigenvalue weighted by Gasteiger charge is 2.17. The smallest absolute Gasteiger partial charge is 0.224 e. The van der Waals surface area contributed by atoms with Crippen LogP contribution in [0.25, 0.3) is 0 Å². The highest BCUT2D eigenvalue weighted by Crippen LogP contribution is 2.28. The summed E-state index contributed by atoms with van der Waals surface area (Å²) in [6.07, 6.45) is 2.83. The molecule has 0 spiro atoms. The van der Waals surface area contributed by atoms with E-state index in [0.717, 1.165) is 30.4 Å². The number of hydrogen-bond donors (Lipinski definition) is 2. The zero-order chi connectivity index (χ0) is 13.7. The van der Waals surface area contributed by atoms with E-state index in [1.807, 2.05) is 18.2 Å². The van der Waals surface area contributed by atoms with Gasteiger partial charge in [-0.15, -0.1) is 0 Å². The number of piperidine rings is 1. The van der Waals surface area contributed by atoms with Crippen molar-refractivity contribution in [2.75, 3.05) is 25.5 Å². The Balaban J connectivity index is 1.95. The first-order valence-electron chi connectivity index (χ1n) is 6.53. The predicted molar refractivity (Wildman–Crippen MR) is 79.5 cm³/mol. The van der Waals surface area contributed by atoms with Crippen molar-refractivity contribution >= 4 is 27.5 Å². The number of carbonyl (C=O) groups is 1. The molecule has 1 unspecified atom stereocenters. The third kappa shape index (κ3) is 4.21. The van der Waals surface area contributed by atoms with Crippen LogP contribution in [0.15, 0.2) is 22.7 Å². The Morgan fingerprint density at radius 3 is 3.11 bits per heavy atom. The normalized spacial score (nSPS) is 18.9. The summed E-state index contributed by atoms with van der Waals surface area (Å²) in [5, 5.41) is 6.25. The van der Waals surface area contributed by atoms with Gasteiger partial charge in [-0.05, 0) is 50.0 Å². The summed E-state index contributed by atoms with van der Waals surface area (Å²) in [5.41, 5.74) is 0.714. The van der Waals surface area contributed by atoms with Crippen molar-refractivity contribution in [3.63, 3.8) is 0 Å². The molecule has 0 bridgehead atoms. The zero-order valence-corrected chi connectivity index (χ0v) is 12.6. The van der Waals surface area contributed by atoms with E-state index in [1.165, 1.54) is 0 Å². The van der Waals surface area contributed by atoms with E-state index in [2.05, 4.69) is 26.6 Å². The van der Waals surface area contributed by atoms with Gasteiger partial charge in [0.15, 0.2) is 0 Å². The van der Waals surface area contributed by atoms with Crippen LogP contribution in [0.2, 0.25) is 0 Å². The van der Waals surface area contributed by atoms with Gasteiger partial charge in [0.25, 0.3) is 0 Å². The van der Waals surface area contributed by atoms with Gasteiger partial charge in [-0.2, -0.15) is 0 Å². The Labute approximate surface area is 122 Å². The third-order valence-corrected chi connectivity index (χ3v) is 3.80. The summed E-state index contributed by atoms with van der Waals surface area (Å²) in [7, 11) is 1.60. The Hall–Kier alpha value is -1.07. The molecule has 0 aliphatic carbocycles. The number of anilines is 1. The lowest BCUT2D eigenvalue weighted by atomic mass is 9.96. The van der Waals surface area contributed by atoms with Crippen LogP contribution >= 0.6 is 15.9 Å². The second kappa shape index (κ2) is 6.91. The molecule has 104 valence electrons. The number of benzene rings is 1. The molecule has 1 aromatic carbocycles. The average molecular weight is 327 g/mol. The fourth-order valence-corrected chi connectivity index (χ4v) is 2.70. The van der Waals surface area contributed by atoms with Gasteiger partial charge in [0.05, 0.1) is 12.8 Å². The van der Waals surface area contributed by atoms with Crippen LogP contribution in [0.5, 0.6) is 5.75 Å². The van der Waals surface area contributed by atoms with Gasteiger partial charge in [0, 0.05) is 10.9 Å². The van der Waals surface area contributed by atoms with Crippen LogP contribution in [0.4, 0.5) is 5.69 Å². The third-order valence-electron chi connectivity index (χ3n) is 3.31. The lowest BCUT2D eigenvalue weighted by Crippen LogP contribution is -2.32. The number of halogens is 1. The number of carbonyl (C=O) groups excluding carboxylic acids is 1. The lowest BCUT2D eigenvalue weighted by molar-refractivity contribution is -0.117. The minimum absolute atomic E-state index is 0.0464. The molecule has 1 amide bonds. The molecule has 1 heterocycles. The first-order valence-corrected chi connectivity index (χ1v) is 7.32. The Kier molecular flexibility index (Phi) is 5.22. The molecule has 1 saturated heterocycles. The summed E-state index contributed by atoms with van der Waals surface area (Å²) in [5.74, 6) is 1.16. The monoisotopic (exact) mass is 326 g/mol. The van der Waals surface area contributed by atoms with Crippen LogP contribution < -0.4 is 15.4 Å². The molecule has 1 aliphatic heterocycles. The topological polar surface area (TPSA) is 50.4 Å². The summed E-state index contributed by atoms with van der Waals surface area (Å²) in [6, 6.07) is 5.58. The number of ether oxygens (including phenoxy) is 1. The minimum atomic E-state index is 0.0464. The Morgan fingerprint density at radius 1 is 1.58 bits per heavy atom. The summed E-state index contributed by atoms with van der Waals surface area (Å²) in [6.45, 7) is 2.00. The van der Waals surface area contributed by atoms with Gasteiger partial charge < -0.3 is 15.4 Å². The first kappa shape index (κ1) is 14.3. The second-order valence-corrected chi connectivity index (χ2v) is 5.72. The zero-order valence-electron chi connectivity index (χ0n) is 11.0. The summed E-state index contributed by atoms with van der Waals surface area (Å²) < 4.78 is 6.16. The van der Waals surface area contributed by atoms with Crippen LogP contribution in [-0.4, -0.2) is 26.1 Å². The lowest BCUT2D eigenvalue weighted by Gasteiger charge is -2.22. The predicted octanol–water partition coefficient (Wildman–Crippen LogP) is 2.79. The standard InChI is InChI=1S/C14H19BrN2O2/c1-19-13-5-4-11(15)8-12(13)17-14(18)7-10-3-2-6-16-9-10/h4-5,8,10,16H,2-3,6-7,9H2,1H3,(H,17,18). The fourth-order valence-electron chi connectivity index (χ4n) is 2.34. The molecule has 2 N–H and O–H groups in total. The molecule has 1 aromatic rings. The highest BCUT2D eigenvalue weighted by molar-refractivity contribution is 9.10. The van der Waals surface area contributed by atoms with E-state index in [0.29, 0.717) is 23.8 Å². The van der Waals surface area contributed by atoms with Gasteiger partial charge in [0.1, 0.15) is 5.75 Å². The van der Waals surface area contributed by atoms with E-state index >= 15 is 0 Å². The highest BCUT2D eigenvalue weighted by atomic mass is 79.9. The van der Waals surface area contributed by atoms with E-state index < -0.39 is 0 Å². The van der Waals surface area contributed by atoms with Gasteiger partial charge in [0.2, 0.25) is 5.91 Å². The SMILES string of the molecule is COc1ccc(Br)cc1NC(=O)CC1CCCNC1. The van der Waals surface area contributed by atoms with Gasteiger partial charge in [-0.3, -0.25) is 4.79 Å². The van der Waals surface area contributed by atoms with E-state index in [4.69, 9.17) is 4.74 Å². The molecule has 19 heavy (non-hydrogen) atoms. The molecule has 0 aromatic heterocycles. The van der Waals surface area contributed by atoms with E-state index in [9.17, 15) is 4.79 Å². The van der Waals surface area contributed by atoms with Gasteiger partial charge in [-0.25, -0.2) is 0 Å². The largest absolute Gasteiger partial charge is 0.495 e. The molecule has 2 rings (SSSR count). The minimum Gasteiger partial charge on any atom is -0.495 e. The first-order chi connectivity index (χ1) is 9.19. The Morgan fingerprint density at radius 2 is 2.42 bits per heavy atom. The number of nitrogens with one attached hydrogen (secondary N) is 2. The van der Waals surface area contributed by atoms with Crippen molar-refractivity contribution in [1.29, 1.82) is 0 Å². The fraction of sp³-hybridized carbons (Fsp3) is 0.500. The van der Waals surface area contributed by atoms with Crippen LogP contribution in [0, 0.1) is 5.92 Å². The number of amides is 1. The van der Waals surface area contributed by atoms with Crippen LogP contribution in [0.3, 0.4) is 0 Å². The number of rotatable bonds is 4. The number of hydrogen-bond acceptors (Lipinski definition) is 3. The van der Waals surface area contributed by atoms with Crippen molar-refractivity contribution in [2.24, 2.45) is 5.92 Å². The average Bonchev–Trinajstić information content (AvgIpc) is 2.40. The van der Waals surface area contributed by atoms with Crippen molar-refractivity contribution in [3.05, 3.63) is 22.7 Å². The van der Waals surface area contributed by atoms with E-state index in [1.54, 1.807) is 7.11 Å². The Bertz CT molecular complexity index is 445. The molecule has 1 aliphatic rings. The van der Waals surface area contributed by atoms with Crippen molar-refractivity contribution in [2.45, 2.75) is 19.3 Å². The summed E-state index contributed by atoms with van der Waals surface area (Å²) >= 11 is 3.40. The quantitative estimate of drug-likeness (QED) is 0.894. The number of methoxy groups -OCH3 is 1. The van der Waals surface area contributed by atoms with Crippen molar-refractivity contribution < 1.29 is 9.53 Å². The molecule has 1 fully saturated rings. The van der Waals surface area contributed by atoms with Crippen LogP contribution in [-0.2, 0) is 4.79 Å². The van der Waals surface area contributed by atoms with Crippen molar-refractivity contribution in [1.82, 2.24) is 5.32 Å². The molecule has 4 nitrogen and oxygen atoms in total. The summed E-state index contributed by atoms with van der Waals surface area (Å²) in [4.78, 5) is 12.1. The molecule has 5 heteroatoms. The van der Waals surface area contributed by atoms with Gasteiger partial charge >= 0.3 is 0 Å². The maximum atomic E-state index is 12.1. The van der Waals surface area contributed by atoms with Crippen molar-refractivity contribution in [3.8, 4) is 5.75 Å².